The van der Waals surface area contributed by atoms with Gasteiger partial charge in [0.25, 0.3) is 5.91 Å². The fraction of sp³-hybridized carbons (Fsp3) is 0.263. The Morgan fingerprint density at radius 1 is 1.34 bits per heavy atom. The zero-order valence-corrected chi connectivity index (χ0v) is 15.6. The van der Waals surface area contributed by atoms with Crippen molar-refractivity contribution in [2.24, 2.45) is 0 Å². The van der Waals surface area contributed by atoms with E-state index in [9.17, 15) is 9.90 Å². The maximum Gasteiger partial charge on any atom is 0.257 e. The normalized spacial score (nSPS) is 18.6. The first-order chi connectivity index (χ1) is 14.1. The van der Waals surface area contributed by atoms with Crippen molar-refractivity contribution in [3.63, 3.8) is 0 Å². The van der Waals surface area contributed by atoms with Crippen molar-refractivity contribution in [3.05, 3.63) is 42.4 Å². The molecule has 2 atom stereocenters. The zero-order valence-electron chi connectivity index (χ0n) is 15.6. The van der Waals surface area contributed by atoms with Crippen LogP contribution in [-0.2, 0) is 0 Å². The quantitative estimate of drug-likeness (QED) is 0.405. The number of nitrogens with zero attached hydrogens (tertiary/aromatic N) is 4. The second-order valence-electron chi connectivity index (χ2n) is 6.92. The Labute approximate surface area is 164 Å². The molecule has 4 N–H and O–H groups in total. The van der Waals surface area contributed by atoms with Crippen LogP contribution < -0.4 is 16.0 Å². The summed E-state index contributed by atoms with van der Waals surface area (Å²) in [5.41, 5.74) is 2.82. The van der Waals surface area contributed by atoms with Crippen LogP contribution in [0.4, 0.5) is 17.3 Å². The summed E-state index contributed by atoms with van der Waals surface area (Å²) in [4.78, 5) is 21.5. The molecule has 0 radical (unpaired) electrons. The van der Waals surface area contributed by atoms with E-state index >= 15 is 0 Å². The van der Waals surface area contributed by atoms with E-state index in [-0.39, 0.29) is 11.9 Å². The van der Waals surface area contributed by atoms with Crippen molar-refractivity contribution in [3.8, 4) is 0 Å². The Morgan fingerprint density at radius 3 is 3.00 bits per heavy atom. The molecule has 0 bridgehead atoms. The third-order valence-electron chi connectivity index (χ3n) is 5.15. The van der Waals surface area contributed by atoms with Gasteiger partial charge in [-0.3, -0.25) is 4.79 Å². The van der Waals surface area contributed by atoms with Gasteiger partial charge in [0, 0.05) is 13.1 Å². The molecule has 10 nitrogen and oxygen atoms in total. The number of rotatable bonds is 5. The maximum atomic E-state index is 12.7. The molecule has 0 spiro atoms. The molecule has 29 heavy (non-hydrogen) atoms. The number of hydrogen-bond acceptors (Lipinski definition) is 8. The number of benzene rings is 1. The van der Waals surface area contributed by atoms with Crippen LogP contribution in [0.15, 0.2) is 41.3 Å². The first kappa shape index (κ1) is 17.4. The lowest BCUT2D eigenvalue weighted by Crippen LogP contribution is -2.50. The van der Waals surface area contributed by atoms with Crippen LogP contribution in [0.1, 0.15) is 23.2 Å². The summed E-state index contributed by atoms with van der Waals surface area (Å²) < 4.78 is 6.90. The van der Waals surface area contributed by atoms with Gasteiger partial charge in [0.1, 0.15) is 22.7 Å². The lowest BCUT2D eigenvalue weighted by molar-refractivity contribution is 0.0448. The fourth-order valence-corrected chi connectivity index (χ4v) is 3.39. The van der Waals surface area contributed by atoms with Crippen molar-refractivity contribution < 1.29 is 14.3 Å². The van der Waals surface area contributed by atoms with Gasteiger partial charge in [-0.25, -0.2) is 9.97 Å². The van der Waals surface area contributed by atoms with Crippen molar-refractivity contribution in [2.45, 2.75) is 25.0 Å². The standard InChI is InChI=1S/C19H19N7O3/c1-20-16-7-15(23-12-3-2-4-14-17(12)21-9-29-14)25-18-10(8-22-26(16)18)19(28)24-11-5-6-13(11)27/h2-4,7-9,11,13,20,27H,5-6H2,1H3,(H,23,25)(H,24,28)/t11-,13-/m0/s1. The molecule has 1 amide bonds. The van der Waals surface area contributed by atoms with E-state index in [2.05, 4.69) is 31.0 Å². The van der Waals surface area contributed by atoms with Gasteiger partial charge in [-0.15, -0.1) is 0 Å². The van der Waals surface area contributed by atoms with Crippen LogP contribution in [0, 0.1) is 0 Å². The lowest BCUT2D eigenvalue weighted by atomic mass is 9.89. The van der Waals surface area contributed by atoms with Crippen molar-refractivity contribution >= 4 is 40.0 Å². The number of fused-ring (bicyclic) bond motifs is 2. The Bertz CT molecular complexity index is 1220. The van der Waals surface area contributed by atoms with E-state index < -0.39 is 6.10 Å². The van der Waals surface area contributed by atoms with Crippen LogP contribution in [0.25, 0.3) is 16.7 Å². The van der Waals surface area contributed by atoms with Crippen molar-refractivity contribution in [2.75, 3.05) is 17.7 Å². The Hall–Kier alpha value is -3.66. The minimum atomic E-state index is -0.498. The highest BCUT2D eigenvalue weighted by atomic mass is 16.3. The van der Waals surface area contributed by atoms with Crippen molar-refractivity contribution in [1.29, 1.82) is 0 Å². The SMILES string of the molecule is CNc1cc(Nc2cccc3ocnc23)nc2c(C(=O)N[C@H]3CC[C@@H]3O)cnn12. The number of amides is 1. The van der Waals surface area contributed by atoms with Gasteiger partial charge in [-0.2, -0.15) is 9.61 Å². The maximum absolute atomic E-state index is 12.7. The first-order valence-electron chi connectivity index (χ1n) is 9.29. The van der Waals surface area contributed by atoms with Crippen molar-refractivity contribution in [1.82, 2.24) is 24.9 Å². The number of para-hydroxylation sites is 1. The number of nitrogens with one attached hydrogen (secondary N) is 3. The number of hydrogen-bond donors (Lipinski definition) is 4. The predicted molar refractivity (Wildman–Crippen MR) is 106 cm³/mol. The van der Waals surface area contributed by atoms with Crippen LogP contribution in [0.3, 0.4) is 0 Å². The Morgan fingerprint density at radius 2 is 2.24 bits per heavy atom. The Kier molecular flexibility index (Phi) is 4.06. The van der Waals surface area contributed by atoms with Gasteiger partial charge >= 0.3 is 0 Å². The fourth-order valence-electron chi connectivity index (χ4n) is 3.39. The molecule has 1 aliphatic rings. The summed E-state index contributed by atoms with van der Waals surface area (Å²) in [6, 6.07) is 7.12. The molecule has 1 saturated carbocycles. The molecule has 5 rings (SSSR count). The Balaban J connectivity index is 1.52. The van der Waals surface area contributed by atoms with E-state index in [1.54, 1.807) is 17.6 Å². The van der Waals surface area contributed by atoms with Gasteiger partial charge in [0.15, 0.2) is 17.6 Å². The van der Waals surface area contributed by atoms with E-state index in [0.717, 1.165) is 12.1 Å². The van der Waals surface area contributed by atoms with E-state index in [4.69, 9.17) is 4.42 Å². The summed E-state index contributed by atoms with van der Waals surface area (Å²) >= 11 is 0. The number of aliphatic hydroxyl groups excluding tert-OH is 1. The van der Waals surface area contributed by atoms with Gasteiger partial charge in [0.2, 0.25) is 0 Å². The van der Waals surface area contributed by atoms with E-state index in [1.807, 2.05) is 18.2 Å². The molecule has 1 aromatic carbocycles. The molecule has 148 valence electrons. The molecule has 10 heteroatoms. The van der Waals surface area contributed by atoms with Crippen LogP contribution in [0.5, 0.6) is 0 Å². The molecule has 3 aromatic heterocycles. The smallest absolute Gasteiger partial charge is 0.257 e. The molecule has 3 heterocycles. The van der Waals surface area contributed by atoms with Gasteiger partial charge in [-0.1, -0.05) is 6.07 Å². The summed E-state index contributed by atoms with van der Waals surface area (Å²) in [6.45, 7) is 0. The summed E-state index contributed by atoms with van der Waals surface area (Å²) in [7, 11) is 1.77. The molecule has 4 aromatic rings. The van der Waals surface area contributed by atoms with Gasteiger partial charge < -0.3 is 25.5 Å². The number of oxazole rings is 1. The minimum Gasteiger partial charge on any atom is -0.443 e. The largest absolute Gasteiger partial charge is 0.443 e. The minimum absolute atomic E-state index is 0.229. The highest BCUT2D eigenvalue weighted by molar-refractivity contribution is 6.00. The predicted octanol–water partition coefficient (Wildman–Crippen LogP) is 1.91. The summed E-state index contributed by atoms with van der Waals surface area (Å²) in [6.07, 6.45) is 3.83. The third-order valence-corrected chi connectivity index (χ3v) is 5.15. The van der Waals surface area contributed by atoms with Crippen LogP contribution in [0.2, 0.25) is 0 Å². The topological polar surface area (TPSA) is 130 Å². The number of aromatic nitrogens is 4. The summed E-state index contributed by atoms with van der Waals surface area (Å²) in [5.74, 6) is 0.872. The molecule has 0 aliphatic heterocycles. The number of carbonyl (C=O) groups excluding carboxylic acids is 1. The second kappa shape index (κ2) is 6.74. The molecular formula is C19H19N7O3. The van der Waals surface area contributed by atoms with Crippen LogP contribution >= 0.6 is 0 Å². The van der Waals surface area contributed by atoms with Crippen LogP contribution in [-0.4, -0.2) is 49.8 Å². The average molecular weight is 393 g/mol. The third kappa shape index (κ3) is 2.93. The average Bonchev–Trinajstić information content (AvgIpc) is 3.37. The summed E-state index contributed by atoms with van der Waals surface area (Å²) in [5, 5.41) is 23.2. The van der Waals surface area contributed by atoms with Gasteiger partial charge in [0.05, 0.1) is 24.0 Å². The lowest BCUT2D eigenvalue weighted by Gasteiger charge is -2.32. The first-order valence-corrected chi connectivity index (χ1v) is 9.29. The molecule has 1 fully saturated rings. The molecular weight excluding hydrogens is 374 g/mol. The zero-order chi connectivity index (χ0) is 20.0. The molecule has 0 saturated heterocycles. The molecule has 0 unspecified atom stereocenters. The number of aliphatic hydroxyl groups is 1. The highest BCUT2D eigenvalue weighted by Crippen LogP contribution is 2.27. The monoisotopic (exact) mass is 393 g/mol. The molecule has 1 aliphatic carbocycles. The van der Waals surface area contributed by atoms with E-state index in [1.165, 1.54) is 12.6 Å². The highest BCUT2D eigenvalue weighted by Gasteiger charge is 2.31. The second-order valence-corrected chi connectivity index (χ2v) is 6.92. The van der Waals surface area contributed by atoms with Gasteiger partial charge in [-0.05, 0) is 25.0 Å². The number of carbonyl (C=O) groups is 1. The number of anilines is 3. The van der Waals surface area contributed by atoms with E-state index in [0.29, 0.717) is 40.4 Å².